The fraction of sp³-hybridized carbons (Fsp3) is 0.389. The Labute approximate surface area is 140 Å². The van der Waals surface area contributed by atoms with Crippen molar-refractivity contribution in [2.24, 2.45) is 11.8 Å². The molecule has 1 aromatic carbocycles. The summed E-state index contributed by atoms with van der Waals surface area (Å²) >= 11 is 1.68. The molecule has 2 aliphatic heterocycles. The van der Waals surface area contributed by atoms with E-state index in [1.165, 1.54) is 4.88 Å². The summed E-state index contributed by atoms with van der Waals surface area (Å²) in [7, 11) is 0. The molecule has 4 rings (SSSR count). The molecule has 2 fully saturated rings. The Morgan fingerprint density at radius 2 is 2.04 bits per heavy atom. The normalized spacial score (nSPS) is 23.0. The number of nitrogens with zero attached hydrogens (tertiary/aromatic N) is 1. The number of fused-ring (bicyclic) bond motifs is 1. The first-order valence-electron chi connectivity index (χ1n) is 8.05. The molecule has 5 heteroatoms. The van der Waals surface area contributed by atoms with Gasteiger partial charge in [0, 0.05) is 36.6 Å². The number of hydrogen-bond donors (Lipinski definition) is 1. The van der Waals surface area contributed by atoms with Gasteiger partial charge in [0.15, 0.2) is 0 Å². The number of likely N-dealkylation sites (tertiary alicyclic amines) is 1. The van der Waals surface area contributed by atoms with Gasteiger partial charge >= 0.3 is 0 Å². The Hall–Kier alpha value is -1.85. The van der Waals surface area contributed by atoms with E-state index in [1.54, 1.807) is 11.3 Å². The second kappa shape index (κ2) is 6.34. The summed E-state index contributed by atoms with van der Waals surface area (Å²) in [6.07, 6.45) is 0. The standard InChI is InChI=1S/C18H20N2O2S/c21-18(20-10-14-8-19-9-15(14)11-20)13-3-1-4-16(7-13)22-12-17-5-2-6-23-17/h1-7,14-15,19H,8-12H2/t14-,15+. The van der Waals surface area contributed by atoms with Crippen LogP contribution in [-0.2, 0) is 6.61 Å². The number of thiophene rings is 1. The predicted octanol–water partition coefficient (Wildman–Crippen LogP) is 2.62. The molecule has 0 radical (unpaired) electrons. The third kappa shape index (κ3) is 3.12. The summed E-state index contributed by atoms with van der Waals surface area (Å²) in [5.74, 6) is 2.13. The summed E-state index contributed by atoms with van der Waals surface area (Å²) < 4.78 is 5.81. The van der Waals surface area contributed by atoms with Crippen molar-refractivity contribution < 1.29 is 9.53 Å². The second-order valence-electron chi connectivity index (χ2n) is 6.28. The van der Waals surface area contributed by atoms with E-state index in [2.05, 4.69) is 11.4 Å². The maximum Gasteiger partial charge on any atom is 0.254 e. The Morgan fingerprint density at radius 3 is 2.78 bits per heavy atom. The summed E-state index contributed by atoms with van der Waals surface area (Å²) in [6, 6.07) is 11.6. The minimum absolute atomic E-state index is 0.126. The zero-order valence-electron chi connectivity index (χ0n) is 12.9. The molecule has 1 N–H and O–H groups in total. The molecule has 120 valence electrons. The average molecular weight is 328 g/mol. The zero-order chi connectivity index (χ0) is 15.6. The number of benzene rings is 1. The molecule has 0 bridgehead atoms. The van der Waals surface area contributed by atoms with Gasteiger partial charge in [0.05, 0.1) is 0 Å². The number of hydrogen-bond acceptors (Lipinski definition) is 4. The van der Waals surface area contributed by atoms with Gasteiger partial charge in [-0.3, -0.25) is 4.79 Å². The van der Waals surface area contributed by atoms with E-state index in [-0.39, 0.29) is 5.91 Å². The third-order valence-electron chi connectivity index (χ3n) is 4.72. The van der Waals surface area contributed by atoms with E-state index >= 15 is 0 Å². The fourth-order valence-corrected chi connectivity index (χ4v) is 4.09. The summed E-state index contributed by atoms with van der Waals surface area (Å²) in [6.45, 7) is 4.37. The van der Waals surface area contributed by atoms with Gasteiger partial charge in [-0.1, -0.05) is 12.1 Å². The largest absolute Gasteiger partial charge is 0.488 e. The lowest BCUT2D eigenvalue weighted by Crippen LogP contribution is -2.31. The van der Waals surface area contributed by atoms with Crippen LogP contribution in [0.5, 0.6) is 5.75 Å². The zero-order valence-corrected chi connectivity index (χ0v) is 13.7. The Bertz CT molecular complexity index is 674. The maximum atomic E-state index is 12.7. The van der Waals surface area contributed by atoms with Crippen molar-refractivity contribution in [2.45, 2.75) is 6.61 Å². The van der Waals surface area contributed by atoms with E-state index in [0.717, 1.165) is 37.5 Å². The topological polar surface area (TPSA) is 41.6 Å². The molecule has 2 aliphatic rings. The Balaban J connectivity index is 1.42. The van der Waals surface area contributed by atoms with Crippen LogP contribution in [0.25, 0.3) is 0 Å². The molecule has 3 heterocycles. The lowest BCUT2D eigenvalue weighted by Gasteiger charge is -2.18. The quantitative estimate of drug-likeness (QED) is 0.938. The molecule has 2 aromatic rings. The molecule has 0 saturated carbocycles. The predicted molar refractivity (Wildman–Crippen MR) is 90.8 cm³/mol. The van der Waals surface area contributed by atoms with Gasteiger partial charge in [-0.2, -0.15) is 0 Å². The molecular weight excluding hydrogens is 308 g/mol. The molecule has 23 heavy (non-hydrogen) atoms. The molecule has 1 aromatic heterocycles. The van der Waals surface area contributed by atoms with Crippen LogP contribution < -0.4 is 10.1 Å². The van der Waals surface area contributed by atoms with Crippen molar-refractivity contribution in [2.75, 3.05) is 26.2 Å². The molecule has 1 amide bonds. The number of carbonyl (C=O) groups is 1. The lowest BCUT2D eigenvalue weighted by molar-refractivity contribution is 0.0781. The van der Waals surface area contributed by atoms with Crippen LogP contribution in [0.15, 0.2) is 41.8 Å². The van der Waals surface area contributed by atoms with Crippen LogP contribution in [0.4, 0.5) is 0 Å². The van der Waals surface area contributed by atoms with Gasteiger partial charge in [-0.25, -0.2) is 0 Å². The molecule has 0 unspecified atom stereocenters. The smallest absolute Gasteiger partial charge is 0.254 e. The van der Waals surface area contributed by atoms with Crippen molar-refractivity contribution in [3.05, 3.63) is 52.2 Å². The van der Waals surface area contributed by atoms with Gasteiger partial charge in [0.25, 0.3) is 5.91 Å². The molecular formula is C18H20N2O2S. The van der Waals surface area contributed by atoms with Crippen LogP contribution in [0.3, 0.4) is 0 Å². The maximum absolute atomic E-state index is 12.7. The van der Waals surface area contributed by atoms with Gasteiger partial charge < -0.3 is 15.0 Å². The van der Waals surface area contributed by atoms with Gasteiger partial charge in [0.1, 0.15) is 12.4 Å². The van der Waals surface area contributed by atoms with Gasteiger partial charge in [-0.05, 0) is 41.5 Å². The molecule has 4 nitrogen and oxygen atoms in total. The van der Waals surface area contributed by atoms with Crippen molar-refractivity contribution in [1.29, 1.82) is 0 Å². The van der Waals surface area contributed by atoms with E-state index in [4.69, 9.17) is 4.74 Å². The highest BCUT2D eigenvalue weighted by atomic mass is 32.1. The van der Waals surface area contributed by atoms with Crippen LogP contribution >= 0.6 is 11.3 Å². The second-order valence-corrected chi connectivity index (χ2v) is 7.32. The summed E-state index contributed by atoms with van der Waals surface area (Å²) in [5, 5.41) is 5.45. The van der Waals surface area contributed by atoms with Crippen LogP contribution in [0.1, 0.15) is 15.2 Å². The first-order valence-corrected chi connectivity index (χ1v) is 8.93. The lowest BCUT2D eigenvalue weighted by atomic mass is 10.0. The minimum Gasteiger partial charge on any atom is -0.488 e. The van der Waals surface area contributed by atoms with Crippen molar-refractivity contribution in [3.8, 4) is 5.75 Å². The highest BCUT2D eigenvalue weighted by Crippen LogP contribution is 2.28. The molecule has 0 spiro atoms. The van der Waals surface area contributed by atoms with E-state index in [0.29, 0.717) is 18.4 Å². The average Bonchev–Trinajstić information content (AvgIpc) is 3.29. The highest BCUT2D eigenvalue weighted by molar-refractivity contribution is 7.09. The molecule has 0 aliphatic carbocycles. The van der Waals surface area contributed by atoms with E-state index in [1.807, 2.05) is 40.6 Å². The van der Waals surface area contributed by atoms with Gasteiger partial charge in [0.2, 0.25) is 0 Å². The Kier molecular flexibility index (Phi) is 4.06. The monoisotopic (exact) mass is 328 g/mol. The number of carbonyl (C=O) groups excluding carboxylic acids is 1. The number of rotatable bonds is 4. The third-order valence-corrected chi connectivity index (χ3v) is 5.57. The van der Waals surface area contributed by atoms with Crippen LogP contribution in [0, 0.1) is 11.8 Å². The van der Waals surface area contributed by atoms with E-state index < -0.39 is 0 Å². The minimum atomic E-state index is 0.126. The van der Waals surface area contributed by atoms with Crippen LogP contribution in [-0.4, -0.2) is 37.0 Å². The van der Waals surface area contributed by atoms with Crippen molar-refractivity contribution in [1.82, 2.24) is 10.2 Å². The summed E-state index contributed by atoms with van der Waals surface area (Å²) in [5.41, 5.74) is 0.724. The highest BCUT2D eigenvalue weighted by Gasteiger charge is 2.38. The molecule has 2 saturated heterocycles. The van der Waals surface area contributed by atoms with Crippen molar-refractivity contribution in [3.63, 3.8) is 0 Å². The SMILES string of the molecule is O=C(c1cccc(OCc2cccs2)c1)N1C[C@H]2CNC[C@H]2C1. The van der Waals surface area contributed by atoms with E-state index in [9.17, 15) is 4.79 Å². The number of amides is 1. The number of nitrogens with one attached hydrogen (secondary N) is 1. The van der Waals surface area contributed by atoms with Gasteiger partial charge in [-0.15, -0.1) is 11.3 Å². The summed E-state index contributed by atoms with van der Waals surface area (Å²) in [4.78, 5) is 15.9. The first-order chi connectivity index (χ1) is 11.3. The fourth-order valence-electron chi connectivity index (χ4n) is 3.47. The van der Waals surface area contributed by atoms with Crippen molar-refractivity contribution >= 4 is 17.2 Å². The van der Waals surface area contributed by atoms with Crippen LogP contribution in [0.2, 0.25) is 0 Å². The first kappa shape index (κ1) is 14.7. The number of ether oxygens (including phenoxy) is 1. The Morgan fingerprint density at radius 1 is 1.22 bits per heavy atom. The molecule has 2 atom stereocenters.